The Bertz CT molecular complexity index is 992. The van der Waals surface area contributed by atoms with E-state index < -0.39 is 0 Å². The Balaban J connectivity index is 1.54. The van der Waals surface area contributed by atoms with E-state index in [0.29, 0.717) is 33.0 Å². The Morgan fingerprint density at radius 2 is 2.03 bits per heavy atom. The summed E-state index contributed by atoms with van der Waals surface area (Å²) in [4.78, 5) is 0. The third kappa shape index (κ3) is 4.08. The van der Waals surface area contributed by atoms with Gasteiger partial charge in [0, 0.05) is 23.8 Å². The molecule has 1 aromatic carbocycles. The van der Waals surface area contributed by atoms with Gasteiger partial charge in [-0.15, -0.1) is 0 Å². The molecule has 4 bridgehead atoms. The summed E-state index contributed by atoms with van der Waals surface area (Å²) < 4.78 is 27.4. The summed E-state index contributed by atoms with van der Waals surface area (Å²) in [6.07, 6.45) is 7.11. The van der Waals surface area contributed by atoms with Crippen LogP contribution in [-0.2, 0) is 20.8 Å². The highest BCUT2D eigenvalue weighted by Crippen LogP contribution is 2.34. The molecule has 0 amide bonds. The summed E-state index contributed by atoms with van der Waals surface area (Å²) in [6.45, 7) is 5.62. The maximum atomic E-state index is 6.02. The zero-order valence-electron chi connectivity index (χ0n) is 17.3. The van der Waals surface area contributed by atoms with Crippen molar-refractivity contribution in [1.29, 1.82) is 0 Å². The van der Waals surface area contributed by atoms with E-state index in [0.717, 1.165) is 53.8 Å². The lowest BCUT2D eigenvalue weighted by Crippen LogP contribution is -2.20. The Hall–Kier alpha value is -2.42. The van der Waals surface area contributed by atoms with Crippen molar-refractivity contribution in [2.75, 3.05) is 33.0 Å². The molecule has 5 rings (SSSR count). The fraction of sp³-hybridized carbons (Fsp3) is 0.545. The number of hydrogen-bond donors (Lipinski definition) is 0. The van der Waals surface area contributed by atoms with Gasteiger partial charge < -0.3 is 18.9 Å². The monoisotopic (exact) mass is 412 g/mol. The number of benzene rings is 1. The van der Waals surface area contributed by atoms with Crippen LogP contribution in [0.15, 0.2) is 30.6 Å². The lowest BCUT2D eigenvalue weighted by atomic mass is 10.1. The summed E-state index contributed by atoms with van der Waals surface area (Å²) in [7, 11) is 0. The number of nitrogens with zero attached hydrogens (tertiary/aromatic N) is 4. The van der Waals surface area contributed by atoms with E-state index in [-0.39, 0.29) is 12.3 Å². The lowest BCUT2D eigenvalue weighted by molar-refractivity contribution is -0.0365. The van der Waals surface area contributed by atoms with Gasteiger partial charge in [-0.2, -0.15) is 10.2 Å². The summed E-state index contributed by atoms with van der Waals surface area (Å²) in [5, 5.41) is 10.5. The molecule has 3 aromatic rings. The molecule has 30 heavy (non-hydrogen) atoms. The van der Waals surface area contributed by atoms with Crippen LogP contribution in [0.25, 0.3) is 22.2 Å². The molecule has 2 aromatic heterocycles. The van der Waals surface area contributed by atoms with Gasteiger partial charge in [-0.25, -0.2) is 4.68 Å². The van der Waals surface area contributed by atoms with Gasteiger partial charge in [-0.1, -0.05) is 0 Å². The Morgan fingerprint density at radius 1 is 1.07 bits per heavy atom. The van der Waals surface area contributed by atoms with Gasteiger partial charge in [0.05, 0.1) is 44.2 Å². The maximum Gasteiger partial charge on any atom is 0.150 e. The predicted octanol–water partition coefficient (Wildman–Crippen LogP) is 3.41. The molecular formula is C22H28N4O4. The topological polar surface area (TPSA) is 72.6 Å². The van der Waals surface area contributed by atoms with Crippen LogP contribution < -0.4 is 4.74 Å². The van der Waals surface area contributed by atoms with Crippen molar-refractivity contribution in [2.45, 2.75) is 45.1 Å². The van der Waals surface area contributed by atoms with Crippen molar-refractivity contribution in [2.24, 2.45) is 0 Å². The van der Waals surface area contributed by atoms with Crippen LogP contribution >= 0.6 is 0 Å². The van der Waals surface area contributed by atoms with Crippen molar-refractivity contribution in [3.63, 3.8) is 0 Å². The molecule has 4 heterocycles. The summed E-state index contributed by atoms with van der Waals surface area (Å²) in [5.74, 6) is 0.805. The van der Waals surface area contributed by atoms with Gasteiger partial charge in [0.25, 0.3) is 0 Å². The predicted molar refractivity (Wildman–Crippen MR) is 112 cm³/mol. The minimum Gasteiger partial charge on any atom is -0.491 e. The maximum absolute atomic E-state index is 6.02. The van der Waals surface area contributed by atoms with Crippen LogP contribution in [0.4, 0.5) is 0 Å². The zero-order chi connectivity index (χ0) is 20.3. The fourth-order valence-electron chi connectivity index (χ4n) is 4.03. The van der Waals surface area contributed by atoms with Gasteiger partial charge in [-0.05, 0) is 44.4 Å². The third-order valence-corrected chi connectivity index (χ3v) is 5.58. The highest BCUT2D eigenvalue weighted by Gasteiger charge is 2.22. The van der Waals surface area contributed by atoms with Gasteiger partial charge >= 0.3 is 0 Å². The Kier molecular flexibility index (Phi) is 5.70. The second-order valence-electron chi connectivity index (χ2n) is 7.89. The highest BCUT2D eigenvalue weighted by molar-refractivity contribution is 5.94. The minimum atomic E-state index is -0.0331. The van der Waals surface area contributed by atoms with E-state index in [1.54, 1.807) is 0 Å². The summed E-state index contributed by atoms with van der Waals surface area (Å²) in [6, 6.07) is 6.13. The number of hydrogen-bond acceptors (Lipinski definition) is 6. The van der Waals surface area contributed by atoms with Crippen LogP contribution in [0.1, 0.15) is 32.4 Å². The van der Waals surface area contributed by atoms with Crippen molar-refractivity contribution in [1.82, 2.24) is 19.6 Å². The van der Waals surface area contributed by atoms with Gasteiger partial charge in [-0.3, -0.25) is 4.68 Å². The average Bonchev–Trinajstić information content (AvgIpc) is 3.39. The molecule has 160 valence electrons. The smallest absolute Gasteiger partial charge is 0.150 e. The number of ether oxygens (including phenoxy) is 4. The molecule has 1 saturated heterocycles. The van der Waals surface area contributed by atoms with Gasteiger partial charge in [0.2, 0.25) is 0 Å². The number of rotatable bonds is 1. The fourth-order valence-corrected chi connectivity index (χ4v) is 4.03. The molecule has 0 N–H and O–H groups in total. The van der Waals surface area contributed by atoms with Crippen LogP contribution in [0.3, 0.4) is 0 Å². The molecule has 1 fully saturated rings. The van der Waals surface area contributed by atoms with Crippen molar-refractivity contribution >= 4 is 10.9 Å². The summed E-state index contributed by atoms with van der Waals surface area (Å²) >= 11 is 0. The molecule has 0 saturated carbocycles. The summed E-state index contributed by atoms with van der Waals surface area (Å²) in [5.41, 5.74) is 2.93. The van der Waals surface area contributed by atoms with Gasteiger partial charge in [0.15, 0.2) is 6.23 Å². The first-order valence-electron chi connectivity index (χ1n) is 10.8. The molecule has 2 aliphatic heterocycles. The first-order valence-corrected chi connectivity index (χ1v) is 10.8. The van der Waals surface area contributed by atoms with Crippen LogP contribution in [0.2, 0.25) is 0 Å². The Morgan fingerprint density at radius 3 is 2.93 bits per heavy atom. The van der Waals surface area contributed by atoms with Crippen molar-refractivity contribution < 1.29 is 18.9 Å². The van der Waals surface area contributed by atoms with E-state index in [1.807, 2.05) is 34.7 Å². The quantitative estimate of drug-likeness (QED) is 0.610. The second kappa shape index (κ2) is 8.75. The van der Waals surface area contributed by atoms with E-state index in [9.17, 15) is 0 Å². The SMILES string of the molecule is C[C@@H]1COCCn2cc(cn2)-c2nn(C3CCCCO3)c3ccc(cc23)OCCO1. The van der Waals surface area contributed by atoms with Crippen LogP contribution in [-0.4, -0.2) is 58.7 Å². The second-order valence-corrected chi connectivity index (χ2v) is 7.89. The highest BCUT2D eigenvalue weighted by atomic mass is 16.6. The molecule has 8 heteroatoms. The van der Waals surface area contributed by atoms with Crippen molar-refractivity contribution in [3.8, 4) is 17.0 Å². The standard InChI is InChI=1S/C22H28N4O4/c1-16-15-27-9-7-25-14-17(13-23-25)22-19-12-18(29-11-10-28-16)5-6-20(19)26(24-22)21-4-2-3-8-30-21/h5-6,12-14,16,21H,2-4,7-11,15H2,1H3/t16-,21?/m1/s1. The number of fused-ring (bicyclic) bond motifs is 4. The van der Waals surface area contributed by atoms with E-state index >= 15 is 0 Å². The number of aromatic nitrogens is 4. The molecular weight excluding hydrogens is 384 g/mol. The first kappa shape index (κ1) is 19.5. The first-order chi connectivity index (χ1) is 14.8. The molecule has 1 unspecified atom stereocenters. The van der Waals surface area contributed by atoms with Crippen LogP contribution in [0, 0.1) is 0 Å². The van der Waals surface area contributed by atoms with E-state index in [1.165, 1.54) is 0 Å². The Labute approximate surface area is 175 Å². The van der Waals surface area contributed by atoms with E-state index in [4.69, 9.17) is 24.0 Å². The molecule has 2 atom stereocenters. The minimum absolute atomic E-state index is 0.0255. The molecule has 0 radical (unpaired) electrons. The molecule has 0 aliphatic carbocycles. The average molecular weight is 412 g/mol. The normalized spacial score (nSPS) is 23.5. The molecule has 0 spiro atoms. The van der Waals surface area contributed by atoms with Crippen molar-refractivity contribution in [3.05, 3.63) is 30.6 Å². The third-order valence-electron chi connectivity index (χ3n) is 5.58. The molecule has 8 nitrogen and oxygen atoms in total. The lowest BCUT2D eigenvalue weighted by Gasteiger charge is -2.23. The molecule has 2 aliphatic rings. The van der Waals surface area contributed by atoms with Crippen LogP contribution in [0.5, 0.6) is 5.75 Å². The van der Waals surface area contributed by atoms with E-state index in [2.05, 4.69) is 17.2 Å². The van der Waals surface area contributed by atoms with Gasteiger partial charge in [0.1, 0.15) is 18.1 Å². The zero-order valence-corrected chi connectivity index (χ0v) is 17.3. The largest absolute Gasteiger partial charge is 0.491 e.